The Labute approximate surface area is 130 Å². The highest BCUT2D eigenvalue weighted by Gasteiger charge is 2.35. The first-order valence-electron chi connectivity index (χ1n) is 7.28. The number of nitrogens with zero attached hydrogens (tertiary/aromatic N) is 1. The van der Waals surface area contributed by atoms with Crippen molar-refractivity contribution in [3.05, 3.63) is 41.1 Å². The zero-order chi connectivity index (χ0) is 16.3. The fraction of sp³-hybridized carbons (Fsp3) is 0.412. The zero-order valence-corrected chi connectivity index (χ0v) is 13.4. The van der Waals surface area contributed by atoms with Gasteiger partial charge in [-0.2, -0.15) is 0 Å². The van der Waals surface area contributed by atoms with Gasteiger partial charge >= 0.3 is 5.97 Å². The molecule has 0 fully saturated rings. The first-order chi connectivity index (χ1) is 10.5. The molecule has 0 saturated carbocycles. The maximum Gasteiger partial charge on any atom is 0.336 e. The largest absolute Gasteiger partial charge is 0.494 e. The Morgan fingerprint density at radius 3 is 2.50 bits per heavy atom. The molecule has 0 bridgehead atoms. The average molecular weight is 303 g/mol. The molecule has 1 aromatic carbocycles. The molecule has 0 aliphatic carbocycles. The van der Waals surface area contributed by atoms with Crippen molar-refractivity contribution in [2.75, 3.05) is 20.8 Å². The molecule has 0 aromatic heterocycles. The van der Waals surface area contributed by atoms with Crippen LogP contribution in [0.1, 0.15) is 31.7 Å². The number of allylic oxidation sites excluding steroid dienone is 1. The van der Waals surface area contributed by atoms with Crippen LogP contribution in [0.15, 0.2) is 35.5 Å². The lowest BCUT2D eigenvalue weighted by atomic mass is 9.84. The highest BCUT2D eigenvalue weighted by Crippen LogP contribution is 2.36. The number of carbonyl (C=O) groups excluding carboxylic acids is 2. The molecule has 0 N–H and O–H groups in total. The van der Waals surface area contributed by atoms with Crippen molar-refractivity contribution in [2.45, 2.75) is 26.2 Å². The van der Waals surface area contributed by atoms with E-state index in [1.165, 1.54) is 12.0 Å². The van der Waals surface area contributed by atoms with Gasteiger partial charge in [-0.3, -0.25) is 4.79 Å². The van der Waals surface area contributed by atoms with E-state index in [1.54, 1.807) is 14.0 Å². The standard InChI is InChI=1S/C17H21NO4/c1-5-22-13-8-6-12(7-9-13)14-10-15(19)18(3)11(2)16(14)17(20)21-4/h6-9,14H,5,10H2,1-4H3. The van der Waals surface area contributed by atoms with Crippen molar-refractivity contribution in [2.24, 2.45) is 0 Å². The van der Waals surface area contributed by atoms with E-state index in [-0.39, 0.29) is 18.2 Å². The maximum absolute atomic E-state index is 12.1. The normalized spacial score (nSPS) is 18.5. The molecule has 1 aliphatic heterocycles. The summed E-state index contributed by atoms with van der Waals surface area (Å²) in [5, 5.41) is 0. The quantitative estimate of drug-likeness (QED) is 0.802. The molecular formula is C17H21NO4. The van der Waals surface area contributed by atoms with Gasteiger partial charge in [-0.25, -0.2) is 4.79 Å². The lowest BCUT2D eigenvalue weighted by Crippen LogP contribution is -2.35. The van der Waals surface area contributed by atoms with E-state index in [2.05, 4.69) is 0 Å². The smallest absolute Gasteiger partial charge is 0.336 e. The third kappa shape index (κ3) is 2.98. The van der Waals surface area contributed by atoms with Crippen LogP contribution in [-0.4, -0.2) is 37.5 Å². The van der Waals surface area contributed by atoms with Gasteiger partial charge < -0.3 is 14.4 Å². The number of hydrogen-bond donors (Lipinski definition) is 0. The molecule has 0 saturated heterocycles. The van der Waals surface area contributed by atoms with Crippen LogP contribution >= 0.6 is 0 Å². The fourth-order valence-corrected chi connectivity index (χ4v) is 2.68. The maximum atomic E-state index is 12.1. The summed E-state index contributed by atoms with van der Waals surface area (Å²) in [7, 11) is 3.03. The second-order valence-electron chi connectivity index (χ2n) is 5.20. The first kappa shape index (κ1) is 16.1. The number of methoxy groups -OCH3 is 1. The Balaban J connectivity index is 2.42. The molecule has 1 amide bonds. The van der Waals surface area contributed by atoms with Crippen LogP contribution < -0.4 is 4.74 Å². The van der Waals surface area contributed by atoms with Gasteiger partial charge in [-0.05, 0) is 31.5 Å². The highest BCUT2D eigenvalue weighted by atomic mass is 16.5. The molecule has 0 radical (unpaired) electrons. The van der Waals surface area contributed by atoms with Crippen molar-refractivity contribution < 1.29 is 19.1 Å². The Bertz CT molecular complexity index is 604. The molecule has 22 heavy (non-hydrogen) atoms. The van der Waals surface area contributed by atoms with Gasteiger partial charge in [0, 0.05) is 25.1 Å². The molecule has 2 rings (SSSR count). The average Bonchev–Trinajstić information content (AvgIpc) is 2.52. The van der Waals surface area contributed by atoms with Crippen LogP contribution in [0.2, 0.25) is 0 Å². The fourth-order valence-electron chi connectivity index (χ4n) is 2.68. The second-order valence-corrected chi connectivity index (χ2v) is 5.20. The molecule has 118 valence electrons. The number of ether oxygens (including phenoxy) is 2. The molecule has 1 heterocycles. The molecular weight excluding hydrogens is 282 g/mol. The van der Waals surface area contributed by atoms with E-state index in [9.17, 15) is 9.59 Å². The summed E-state index contributed by atoms with van der Waals surface area (Å²) in [6.45, 7) is 4.29. The van der Waals surface area contributed by atoms with E-state index >= 15 is 0 Å². The predicted octanol–water partition coefficient (Wildman–Crippen LogP) is 2.48. The van der Waals surface area contributed by atoms with E-state index in [0.717, 1.165) is 11.3 Å². The monoisotopic (exact) mass is 303 g/mol. The van der Waals surface area contributed by atoms with Crippen molar-refractivity contribution in [3.8, 4) is 5.75 Å². The second kappa shape index (κ2) is 6.64. The summed E-state index contributed by atoms with van der Waals surface area (Å²) in [5.41, 5.74) is 2.08. The number of amides is 1. The topological polar surface area (TPSA) is 55.8 Å². The SMILES string of the molecule is CCOc1ccc(C2CC(=O)N(C)C(C)=C2C(=O)OC)cc1. The number of carbonyl (C=O) groups is 2. The minimum Gasteiger partial charge on any atom is -0.494 e. The Hall–Kier alpha value is -2.30. The summed E-state index contributed by atoms with van der Waals surface area (Å²) in [6.07, 6.45) is 0.256. The van der Waals surface area contributed by atoms with Crippen molar-refractivity contribution in [3.63, 3.8) is 0 Å². The summed E-state index contributed by atoms with van der Waals surface area (Å²) in [5.74, 6) is 0.0809. The highest BCUT2D eigenvalue weighted by molar-refractivity contribution is 5.95. The molecule has 1 aromatic rings. The third-order valence-electron chi connectivity index (χ3n) is 3.99. The summed E-state index contributed by atoms with van der Waals surface area (Å²) in [6, 6.07) is 7.49. The molecule has 1 unspecified atom stereocenters. The van der Waals surface area contributed by atoms with E-state index < -0.39 is 5.97 Å². The predicted molar refractivity (Wildman–Crippen MR) is 82.5 cm³/mol. The Morgan fingerprint density at radius 1 is 1.32 bits per heavy atom. The van der Waals surface area contributed by atoms with Crippen LogP contribution in [0.5, 0.6) is 5.75 Å². The minimum atomic E-state index is -0.393. The van der Waals surface area contributed by atoms with Crippen molar-refractivity contribution in [1.29, 1.82) is 0 Å². The summed E-state index contributed by atoms with van der Waals surface area (Å²) in [4.78, 5) is 25.8. The number of esters is 1. The van der Waals surface area contributed by atoms with Crippen LogP contribution in [0.4, 0.5) is 0 Å². The Morgan fingerprint density at radius 2 is 1.95 bits per heavy atom. The van der Waals surface area contributed by atoms with Crippen LogP contribution in [0, 0.1) is 0 Å². The molecule has 5 heteroatoms. The van der Waals surface area contributed by atoms with Gasteiger partial charge in [-0.15, -0.1) is 0 Å². The minimum absolute atomic E-state index is 0.0102. The van der Waals surface area contributed by atoms with Gasteiger partial charge in [-0.1, -0.05) is 12.1 Å². The zero-order valence-electron chi connectivity index (χ0n) is 13.4. The number of benzene rings is 1. The number of hydrogen-bond acceptors (Lipinski definition) is 4. The van der Waals surface area contributed by atoms with Crippen LogP contribution in [0.25, 0.3) is 0 Å². The van der Waals surface area contributed by atoms with Gasteiger partial charge in [0.05, 0.1) is 19.3 Å². The van der Waals surface area contributed by atoms with Gasteiger partial charge in [0.1, 0.15) is 5.75 Å². The van der Waals surface area contributed by atoms with Crippen LogP contribution in [-0.2, 0) is 14.3 Å². The number of rotatable bonds is 4. The van der Waals surface area contributed by atoms with Gasteiger partial charge in [0.15, 0.2) is 0 Å². The van der Waals surface area contributed by atoms with Gasteiger partial charge in [0.25, 0.3) is 0 Å². The summed E-state index contributed by atoms with van der Waals surface area (Å²) < 4.78 is 10.3. The van der Waals surface area contributed by atoms with E-state index in [1.807, 2.05) is 31.2 Å². The lowest BCUT2D eigenvalue weighted by molar-refractivity contribution is -0.137. The van der Waals surface area contributed by atoms with E-state index in [0.29, 0.717) is 17.9 Å². The first-order valence-corrected chi connectivity index (χ1v) is 7.28. The van der Waals surface area contributed by atoms with Gasteiger partial charge in [0.2, 0.25) is 5.91 Å². The molecule has 1 atom stereocenters. The van der Waals surface area contributed by atoms with Crippen LogP contribution in [0.3, 0.4) is 0 Å². The van der Waals surface area contributed by atoms with Crippen molar-refractivity contribution in [1.82, 2.24) is 4.90 Å². The molecule has 1 aliphatic rings. The lowest BCUT2D eigenvalue weighted by Gasteiger charge is -2.31. The third-order valence-corrected chi connectivity index (χ3v) is 3.99. The van der Waals surface area contributed by atoms with Crippen molar-refractivity contribution >= 4 is 11.9 Å². The molecule has 5 nitrogen and oxygen atoms in total. The molecule has 0 spiro atoms. The summed E-state index contributed by atoms with van der Waals surface area (Å²) >= 11 is 0. The van der Waals surface area contributed by atoms with E-state index in [4.69, 9.17) is 9.47 Å². The Kier molecular flexibility index (Phi) is 4.85.